The van der Waals surface area contributed by atoms with Gasteiger partial charge >= 0.3 is 0 Å². The SMILES string of the molecule is N#CC(C/C=C/C=C/N1CCOCC1)c1ccccc1. The van der Waals surface area contributed by atoms with Crippen molar-refractivity contribution in [1.82, 2.24) is 4.90 Å². The molecule has 1 aliphatic heterocycles. The zero-order valence-electron chi connectivity index (χ0n) is 11.6. The van der Waals surface area contributed by atoms with Gasteiger partial charge < -0.3 is 9.64 Å². The number of nitriles is 1. The number of benzene rings is 1. The highest BCUT2D eigenvalue weighted by molar-refractivity contribution is 5.25. The predicted molar refractivity (Wildman–Crippen MR) is 80.1 cm³/mol. The lowest BCUT2D eigenvalue weighted by molar-refractivity contribution is 0.0594. The van der Waals surface area contributed by atoms with Crippen LogP contribution in [0.3, 0.4) is 0 Å². The van der Waals surface area contributed by atoms with Crippen LogP contribution >= 0.6 is 0 Å². The van der Waals surface area contributed by atoms with Gasteiger partial charge in [-0.2, -0.15) is 5.26 Å². The van der Waals surface area contributed by atoms with Crippen LogP contribution in [0.5, 0.6) is 0 Å². The van der Waals surface area contributed by atoms with E-state index in [0.29, 0.717) is 0 Å². The lowest BCUT2D eigenvalue weighted by Gasteiger charge is -2.24. The van der Waals surface area contributed by atoms with Gasteiger partial charge in [0.2, 0.25) is 0 Å². The summed E-state index contributed by atoms with van der Waals surface area (Å²) in [6.07, 6.45) is 8.93. The van der Waals surface area contributed by atoms with Gasteiger partial charge in [0.1, 0.15) is 0 Å². The van der Waals surface area contributed by atoms with Crippen LogP contribution in [0.1, 0.15) is 17.9 Å². The molecular weight excluding hydrogens is 248 g/mol. The second-order valence-electron chi connectivity index (χ2n) is 4.75. The van der Waals surface area contributed by atoms with Crippen molar-refractivity contribution in [2.75, 3.05) is 26.3 Å². The minimum Gasteiger partial charge on any atom is -0.378 e. The Hall–Kier alpha value is -2.05. The van der Waals surface area contributed by atoms with E-state index in [2.05, 4.69) is 23.2 Å². The number of allylic oxidation sites excluding steroid dienone is 3. The van der Waals surface area contributed by atoms with Crippen molar-refractivity contribution < 1.29 is 4.74 Å². The van der Waals surface area contributed by atoms with Crippen molar-refractivity contribution in [3.05, 3.63) is 60.3 Å². The van der Waals surface area contributed by atoms with Crippen molar-refractivity contribution >= 4 is 0 Å². The predicted octanol–water partition coefficient (Wildman–Crippen LogP) is 3.09. The van der Waals surface area contributed by atoms with Gasteiger partial charge in [0.25, 0.3) is 0 Å². The molecule has 1 aliphatic rings. The second-order valence-corrected chi connectivity index (χ2v) is 4.75. The summed E-state index contributed by atoms with van der Waals surface area (Å²) in [6.45, 7) is 3.52. The van der Waals surface area contributed by atoms with Crippen molar-refractivity contribution in [2.45, 2.75) is 12.3 Å². The highest BCUT2D eigenvalue weighted by atomic mass is 16.5. The molecule has 1 aromatic rings. The molecule has 2 rings (SSSR count). The summed E-state index contributed by atoms with van der Waals surface area (Å²) >= 11 is 0. The Balaban J connectivity index is 1.80. The smallest absolute Gasteiger partial charge is 0.0747 e. The van der Waals surface area contributed by atoms with E-state index in [1.54, 1.807) is 0 Å². The van der Waals surface area contributed by atoms with Crippen molar-refractivity contribution in [3.8, 4) is 6.07 Å². The van der Waals surface area contributed by atoms with Crippen molar-refractivity contribution in [1.29, 1.82) is 5.26 Å². The average Bonchev–Trinajstić information content (AvgIpc) is 2.53. The first kappa shape index (κ1) is 14.4. The molecule has 1 unspecified atom stereocenters. The molecule has 0 saturated carbocycles. The summed E-state index contributed by atoms with van der Waals surface area (Å²) in [6, 6.07) is 12.3. The van der Waals surface area contributed by atoms with E-state index in [1.165, 1.54) is 0 Å². The Labute approximate surface area is 120 Å². The van der Waals surface area contributed by atoms with Gasteiger partial charge in [0.15, 0.2) is 0 Å². The van der Waals surface area contributed by atoms with E-state index < -0.39 is 0 Å². The second kappa shape index (κ2) is 8.19. The highest BCUT2D eigenvalue weighted by Crippen LogP contribution is 2.18. The largest absolute Gasteiger partial charge is 0.378 e. The highest BCUT2D eigenvalue weighted by Gasteiger charge is 2.07. The van der Waals surface area contributed by atoms with Gasteiger partial charge in [-0.1, -0.05) is 42.5 Å². The molecule has 0 spiro atoms. The zero-order chi connectivity index (χ0) is 14.0. The lowest BCUT2D eigenvalue weighted by Crippen LogP contribution is -2.31. The van der Waals surface area contributed by atoms with Gasteiger partial charge in [0.05, 0.1) is 25.2 Å². The molecule has 3 nitrogen and oxygen atoms in total. The molecule has 1 aromatic carbocycles. The maximum atomic E-state index is 9.22. The summed E-state index contributed by atoms with van der Waals surface area (Å²) in [5, 5.41) is 9.22. The molecule has 1 heterocycles. The number of nitrogens with zero attached hydrogens (tertiary/aromatic N) is 2. The van der Waals surface area contributed by atoms with Gasteiger partial charge in [-0.25, -0.2) is 0 Å². The Morgan fingerprint density at radius 3 is 2.65 bits per heavy atom. The molecule has 1 saturated heterocycles. The molecular formula is C17H20N2O. The first-order chi connectivity index (χ1) is 9.90. The average molecular weight is 268 g/mol. The molecule has 0 amide bonds. The Kier molecular flexibility index (Phi) is 5.88. The van der Waals surface area contributed by atoms with Gasteiger partial charge in [0, 0.05) is 13.1 Å². The Bertz CT molecular complexity index is 481. The standard InChI is InChI=1S/C17H20N2O/c18-15-17(16-7-3-1-4-8-16)9-5-2-6-10-19-11-13-20-14-12-19/h1-8,10,17H,9,11-14H2/b5-2+,10-6+. The van der Waals surface area contributed by atoms with E-state index in [4.69, 9.17) is 4.74 Å². The maximum absolute atomic E-state index is 9.22. The van der Waals surface area contributed by atoms with E-state index in [-0.39, 0.29) is 5.92 Å². The Morgan fingerprint density at radius 2 is 1.95 bits per heavy atom. The van der Waals surface area contributed by atoms with Gasteiger partial charge in [-0.3, -0.25) is 0 Å². The fraction of sp³-hybridized carbons (Fsp3) is 0.353. The van der Waals surface area contributed by atoms with Crippen molar-refractivity contribution in [3.63, 3.8) is 0 Å². The van der Waals surface area contributed by atoms with Crippen LogP contribution in [0.25, 0.3) is 0 Å². The van der Waals surface area contributed by atoms with Crippen LogP contribution in [0, 0.1) is 11.3 Å². The third kappa shape index (κ3) is 4.56. The molecule has 0 aromatic heterocycles. The molecule has 3 heteroatoms. The minimum atomic E-state index is -0.0655. The zero-order valence-corrected chi connectivity index (χ0v) is 11.6. The van der Waals surface area contributed by atoms with Crippen LogP contribution in [0.2, 0.25) is 0 Å². The third-order valence-corrected chi connectivity index (χ3v) is 3.32. The van der Waals surface area contributed by atoms with Crippen LogP contribution in [0.15, 0.2) is 54.8 Å². The first-order valence-corrected chi connectivity index (χ1v) is 7.00. The quantitative estimate of drug-likeness (QED) is 0.770. The molecule has 104 valence electrons. The molecule has 0 bridgehead atoms. The molecule has 0 radical (unpaired) electrons. The molecule has 20 heavy (non-hydrogen) atoms. The van der Waals surface area contributed by atoms with E-state index in [1.807, 2.05) is 42.5 Å². The number of ether oxygens (including phenoxy) is 1. The molecule has 1 fully saturated rings. The van der Waals surface area contributed by atoms with Crippen LogP contribution in [0.4, 0.5) is 0 Å². The van der Waals surface area contributed by atoms with Crippen LogP contribution < -0.4 is 0 Å². The number of hydrogen-bond donors (Lipinski definition) is 0. The van der Waals surface area contributed by atoms with Gasteiger partial charge in [-0.05, 0) is 24.3 Å². The van der Waals surface area contributed by atoms with Crippen LogP contribution in [-0.2, 0) is 4.74 Å². The normalized spacial score (nSPS) is 17.4. The van der Waals surface area contributed by atoms with E-state index >= 15 is 0 Å². The van der Waals surface area contributed by atoms with E-state index in [0.717, 1.165) is 38.3 Å². The summed E-state index contributed by atoms with van der Waals surface area (Å²) in [7, 11) is 0. The Morgan fingerprint density at radius 1 is 1.20 bits per heavy atom. The number of hydrogen-bond acceptors (Lipinski definition) is 3. The molecule has 0 aliphatic carbocycles. The molecule has 1 atom stereocenters. The summed E-state index contributed by atoms with van der Waals surface area (Å²) in [4.78, 5) is 2.24. The summed E-state index contributed by atoms with van der Waals surface area (Å²) < 4.78 is 5.29. The summed E-state index contributed by atoms with van der Waals surface area (Å²) in [5.74, 6) is -0.0655. The van der Waals surface area contributed by atoms with Gasteiger partial charge in [-0.15, -0.1) is 0 Å². The third-order valence-electron chi connectivity index (χ3n) is 3.32. The first-order valence-electron chi connectivity index (χ1n) is 7.00. The monoisotopic (exact) mass is 268 g/mol. The molecule has 0 N–H and O–H groups in total. The summed E-state index contributed by atoms with van der Waals surface area (Å²) in [5.41, 5.74) is 1.08. The topological polar surface area (TPSA) is 36.3 Å². The minimum absolute atomic E-state index is 0.0655. The number of rotatable bonds is 5. The lowest BCUT2D eigenvalue weighted by atomic mass is 9.97. The van der Waals surface area contributed by atoms with Crippen LogP contribution in [-0.4, -0.2) is 31.2 Å². The van der Waals surface area contributed by atoms with Crippen molar-refractivity contribution in [2.24, 2.45) is 0 Å². The fourth-order valence-electron chi connectivity index (χ4n) is 2.14. The number of morpholine rings is 1. The fourth-order valence-corrected chi connectivity index (χ4v) is 2.14. The van der Waals surface area contributed by atoms with E-state index in [9.17, 15) is 5.26 Å². The maximum Gasteiger partial charge on any atom is 0.0747 e.